The Labute approximate surface area is 243 Å². The summed E-state index contributed by atoms with van der Waals surface area (Å²) >= 11 is 0. The van der Waals surface area contributed by atoms with Crippen LogP contribution < -0.4 is 0 Å². The molecule has 6 aromatic rings. The van der Waals surface area contributed by atoms with Gasteiger partial charge < -0.3 is 9.40 Å². The van der Waals surface area contributed by atoms with Crippen LogP contribution in [0.15, 0.2) is 71.6 Å². The number of pyridine rings is 3. The molecular formula is C34H31IrN3O-2. The minimum Gasteiger partial charge on any atom is -0.506 e. The molecule has 0 fully saturated rings. The second-order valence-corrected chi connectivity index (χ2v) is 9.78. The molecule has 4 nitrogen and oxygen atoms in total. The minimum atomic E-state index is 0. The first-order chi connectivity index (χ1) is 18.3. The Morgan fingerprint density at radius 3 is 2.36 bits per heavy atom. The molecule has 4 heterocycles. The zero-order chi connectivity index (χ0) is 26.8. The molecule has 199 valence electrons. The summed E-state index contributed by atoms with van der Waals surface area (Å²) in [4.78, 5) is 13.6. The Balaban J connectivity index is 0.000000186. The standard InChI is InChI=1S/C19H15N2O.C15H16N.Ir/c1-3-13-6-8-20-17(10-13)16-11-14-7-9-22-19(14)18-15(16)5-4-12(2)21-18;1-10-5-6-14(7-11(10)2)15-8-12(3)13(4)9-16-15;/h4-10H,3H2,1-2H3;5,7-9H,1-4H3;/q2*-1;. The number of aryl methyl sites for hydroxylation is 6. The van der Waals surface area contributed by atoms with Crippen LogP contribution in [-0.2, 0) is 26.5 Å². The maximum absolute atomic E-state index is 5.61. The first kappa shape index (κ1) is 28.4. The van der Waals surface area contributed by atoms with E-state index in [-0.39, 0.29) is 20.1 Å². The van der Waals surface area contributed by atoms with Crippen LogP contribution in [0.2, 0.25) is 0 Å². The van der Waals surface area contributed by atoms with Crippen LogP contribution in [0.3, 0.4) is 0 Å². The van der Waals surface area contributed by atoms with Crippen molar-refractivity contribution in [3.8, 4) is 22.5 Å². The summed E-state index contributed by atoms with van der Waals surface area (Å²) in [7, 11) is 0. The summed E-state index contributed by atoms with van der Waals surface area (Å²) in [6.07, 6.45) is 6.45. The summed E-state index contributed by atoms with van der Waals surface area (Å²) in [5.74, 6) is 0. The molecule has 0 N–H and O–H groups in total. The summed E-state index contributed by atoms with van der Waals surface area (Å²) in [5.41, 5.74) is 12.9. The smallest absolute Gasteiger partial charge is 0.0847 e. The van der Waals surface area contributed by atoms with Gasteiger partial charge in [0.15, 0.2) is 0 Å². The third-order valence-electron chi connectivity index (χ3n) is 7.01. The zero-order valence-electron chi connectivity index (χ0n) is 23.1. The van der Waals surface area contributed by atoms with Gasteiger partial charge in [-0.3, -0.25) is 9.97 Å². The predicted molar refractivity (Wildman–Crippen MR) is 155 cm³/mol. The Morgan fingerprint density at radius 2 is 1.62 bits per heavy atom. The van der Waals surface area contributed by atoms with Crippen molar-refractivity contribution in [3.05, 3.63) is 113 Å². The van der Waals surface area contributed by atoms with Crippen molar-refractivity contribution >= 4 is 21.9 Å². The number of hydrogen-bond acceptors (Lipinski definition) is 4. The summed E-state index contributed by atoms with van der Waals surface area (Å²) in [5, 5.41) is 1.96. The van der Waals surface area contributed by atoms with Crippen molar-refractivity contribution in [2.24, 2.45) is 0 Å². The number of benzene rings is 2. The normalized spacial score (nSPS) is 10.7. The first-order valence-electron chi connectivity index (χ1n) is 12.9. The van der Waals surface area contributed by atoms with Crippen molar-refractivity contribution in [3.63, 3.8) is 0 Å². The van der Waals surface area contributed by atoms with Crippen LogP contribution in [0, 0.1) is 46.8 Å². The van der Waals surface area contributed by atoms with E-state index in [1.54, 1.807) is 6.26 Å². The monoisotopic (exact) mass is 690 g/mol. The number of fused-ring (bicyclic) bond motifs is 3. The number of aromatic nitrogens is 3. The molecule has 4 aromatic heterocycles. The number of furan rings is 1. The maximum Gasteiger partial charge on any atom is 0.0847 e. The van der Waals surface area contributed by atoms with Crippen molar-refractivity contribution < 1.29 is 24.5 Å². The molecule has 39 heavy (non-hydrogen) atoms. The van der Waals surface area contributed by atoms with Gasteiger partial charge in [0.05, 0.1) is 5.58 Å². The van der Waals surface area contributed by atoms with Crippen LogP contribution in [0.25, 0.3) is 44.4 Å². The molecule has 0 unspecified atom stereocenters. The van der Waals surface area contributed by atoms with E-state index in [0.717, 1.165) is 56.5 Å². The third kappa shape index (κ3) is 6.00. The Hall–Kier alpha value is -3.66. The summed E-state index contributed by atoms with van der Waals surface area (Å²) < 4.78 is 5.61. The Kier molecular flexibility index (Phi) is 8.74. The van der Waals surface area contributed by atoms with Gasteiger partial charge in [-0.15, -0.1) is 41.0 Å². The Bertz CT molecular complexity index is 1720. The Morgan fingerprint density at radius 1 is 0.821 bits per heavy atom. The fraction of sp³-hybridized carbons (Fsp3) is 0.206. The third-order valence-corrected chi connectivity index (χ3v) is 7.01. The van der Waals surface area contributed by atoms with Crippen molar-refractivity contribution in [2.75, 3.05) is 0 Å². The molecule has 2 aromatic carbocycles. The number of rotatable bonds is 3. The van der Waals surface area contributed by atoms with E-state index in [4.69, 9.17) is 4.42 Å². The summed E-state index contributed by atoms with van der Waals surface area (Å²) in [6.45, 7) is 12.5. The number of nitrogens with zero attached hydrogens (tertiary/aromatic N) is 3. The molecule has 0 aliphatic carbocycles. The van der Waals surface area contributed by atoms with Gasteiger partial charge in [0.25, 0.3) is 0 Å². The molecule has 0 saturated heterocycles. The molecule has 1 radical (unpaired) electrons. The minimum absolute atomic E-state index is 0. The van der Waals surface area contributed by atoms with Gasteiger partial charge in [-0.2, -0.15) is 0 Å². The van der Waals surface area contributed by atoms with Gasteiger partial charge >= 0.3 is 0 Å². The molecule has 0 saturated carbocycles. The van der Waals surface area contributed by atoms with E-state index in [1.807, 2.05) is 43.6 Å². The molecule has 0 aliphatic rings. The summed E-state index contributed by atoms with van der Waals surface area (Å²) in [6, 6.07) is 23.2. The molecule has 0 aliphatic heterocycles. The van der Waals surface area contributed by atoms with Crippen LogP contribution >= 0.6 is 0 Å². The molecule has 0 amide bonds. The van der Waals surface area contributed by atoms with Gasteiger partial charge in [-0.25, -0.2) is 0 Å². The van der Waals surface area contributed by atoms with E-state index in [2.05, 4.69) is 86.0 Å². The molecular weight excluding hydrogens is 659 g/mol. The second kappa shape index (κ2) is 12.0. The van der Waals surface area contributed by atoms with E-state index in [1.165, 1.54) is 27.8 Å². The van der Waals surface area contributed by atoms with Crippen LogP contribution in [0.1, 0.15) is 40.4 Å². The fourth-order valence-corrected chi connectivity index (χ4v) is 4.35. The van der Waals surface area contributed by atoms with Gasteiger partial charge in [-0.05, 0) is 50.6 Å². The largest absolute Gasteiger partial charge is 0.506 e. The van der Waals surface area contributed by atoms with E-state index in [0.29, 0.717) is 0 Å². The molecule has 6 rings (SSSR count). The van der Waals surface area contributed by atoms with Crippen molar-refractivity contribution in [1.82, 2.24) is 15.0 Å². The average Bonchev–Trinajstić information content (AvgIpc) is 3.41. The first-order valence-corrected chi connectivity index (χ1v) is 12.9. The van der Waals surface area contributed by atoms with Crippen molar-refractivity contribution in [1.29, 1.82) is 0 Å². The zero-order valence-corrected chi connectivity index (χ0v) is 25.5. The quantitative estimate of drug-likeness (QED) is 0.175. The van der Waals surface area contributed by atoms with Gasteiger partial charge in [-0.1, -0.05) is 72.5 Å². The van der Waals surface area contributed by atoms with E-state index in [9.17, 15) is 0 Å². The maximum atomic E-state index is 5.61. The fourth-order valence-electron chi connectivity index (χ4n) is 4.35. The van der Waals surface area contributed by atoms with Gasteiger partial charge in [0, 0.05) is 55.7 Å². The van der Waals surface area contributed by atoms with Crippen LogP contribution in [0.4, 0.5) is 0 Å². The van der Waals surface area contributed by atoms with Crippen LogP contribution in [-0.4, -0.2) is 15.0 Å². The average molecular weight is 690 g/mol. The molecule has 0 spiro atoms. The SMILES string of the molecule is CCc1ccnc(-c2[c-]c3ccoc3c3nc(C)ccc23)c1.Cc1c[c-]c(-c2cc(C)c(C)cn2)cc1C.[Ir]. The molecule has 5 heteroatoms. The molecule has 0 bridgehead atoms. The second-order valence-electron chi connectivity index (χ2n) is 9.78. The van der Waals surface area contributed by atoms with Crippen LogP contribution in [0.5, 0.6) is 0 Å². The molecule has 0 atom stereocenters. The van der Waals surface area contributed by atoms with E-state index < -0.39 is 0 Å². The topological polar surface area (TPSA) is 51.8 Å². The number of hydrogen-bond donors (Lipinski definition) is 0. The predicted octanol–water partition coefficient (Wildman–Crippen LogP) is 8.49. The van der Waals surface area contributed by atoms with E-state index >= 15 is 0 Å². The van der Waals surface area contributed by atoms with Gasteiger partial charge in [0.2, 0.25) is 0 Å². The van der Waals surface area contributed by atoms with Gasteiger partial charge in [0.1, 0.15) is 0 Å². The van der Waals surface area contributed by atoms with Crippen molar-refractivity contribution in [2.45, 2.75) is 48.0 Å².